The predicted octanol–water partition coefficient (Wildman–Crippen LogP) is 3.25. The number of hydrogen-bond donors (Lipinski definition) is 2. The third-order valence-electron chi connectivity index (χ3n) is 6.02. The van der Waals surface area contributed by atoms with Crippen molar-refractivity contribution in [2.45, 2.75) is 26.2 Å². The van der Waals surface area contributed by atoms with Gasteiger partial charge in [-0.1, -0.05) is 24.3 Å². The van der Waals surface area contributed by atoms with Crippen molar-refractivity contribution in [1.82, 2.24) is 10.6 Å². The Hall–Kier alpha value is -2.89. The van der Waals surface area contributed by atoms with Gasteiger partial charge in [0.05, 0.1) is 19.4 Å². The van der Waals surface area contributed by atoms with E-state index in [9.17, 15) is 0 Å². The molecule has 1 unspecified atom stereocenters. The summed E-state index contributed by atoms with van der Waals surface area (Å²) in [5, 5.41) is 6.88. The van der Waals surface area contributed by atoms with Crippen LogP contribution in [-0.4, -0.2) is 52.4 Å². The molecule has 0 radical (unpaired) electrons. The number of hydrogen-bond acceptors (Lipinski definition) is 4. The number of anilines is 1. The number of nitrogens with zero attached hydrogens (tertiary/aromatic N) is 2. The van der Waals surface area contributed by atoms with Gasteiger partial charge in [0.2, 0.25) is 0 Å². The van der Waals surface area contributed by atoms with Gasteiger partial charge in [-0.2, -0.15) is 0 Å². The Balaban J connectivity index is 1.28. The van der Waals surface area contributed by atoms with E-state index in [0.717, 1.165) is 76.1 Å². The third-order valence-corrected chi connectivity index (χ3v) is 6.02. The quantitative estimate of drug-likeness (QED) is 0.505. The zero-order chi connectivity index (χ0) is 21.5. The molecular weight excluding hydrogens is 388 g/mol. The Morgan fingerprint density at radius 1 is 1.23 bits per heavy atom. The minimum absolute atomic E-state index is 0.553. The second kappa shape index (κ2) is 10.4. The van der Waals surface area contributed by atoms with E-state index in [1.165, 1.54) is 16.8 Å². The van der Waals surface area contributed by atoms with Crippen molar-refractivity contribution in [3.63, 3.8) is 0 Å². The van der Waals surface area contributed by atoms with Crippen LogP contribution >= 0.6 is 0 Å². The fourth-order valence-electron chi connectivity index (χ4n) is 4.37. The van der Waals surface area contributed by atoms with Crippen LogP contribution in [0.5, 0.6) is 11.5 Å². The zero-order valence-corrected chi connectivity index (χ0v) is 18.7. The fraction of sp³-hybridized carbons (Fsp3) is 0.480. The molecule has 2 heterocycles. The van der Waals surface area contributed by atoms with Gasteiger partial charge in [0.15, 0.2) is 5.96 Å². The molecule has 0 spiro atoms. The molecule has 4 rings (SSSR count). The molecule has 1 fully saturated rings. The van der Waals surface area contributed by atoms with Gasteiger partial charge >= 0.3 is 0 Å². The molecule has 0 saturated carbocycles. The number of ether oxygens (including phenoxy) is 2. The molecule has 0 aliphatic carbocycles. The van der Waals surface area contributed by atoms with E-state index in [2.05, 4.69) is 52.8 Å². The molecular formula is C25H34N4O2. The van der Waals surface area contributed by atoms with Crippen LogP contribution < -0.4 is 25.0 Å². The molecule has 0 bridgehead atoms. The van der Waals surface area contributed by atoms with Gasteiger partial charge in [-0.15, -0.1) is 0 Å². The summed E-state index contributed by atoms with van der Waals surface area (Å²) in [6.45, 7) is 7.54. The molecule has 2 aliphatic rings. The molecule has 6 nitrogen and oxygen atoms in total. The lowest BCUT2D eigenvalue weighted by Crippen LogP contribution is -2.38. The maximum Gasteiger partial charge on any atom is 0.191 e. The summed E-state index contributed by atoms with van der Waals surface area (Å²) in [5.74, 6) is 3.45. The van der Waals surface area contributed by atoms with Gasteiger partial charge in [-0.05, 0) is 55.0 Å². The van der Waals surface area contributed by atoms with Crippen molar-refractivity contribution in [3.05, 3.63) is 53.6 Å². The first-order valence-corrected chi connectivity index (χ1v) is 11.4. The lowest BCUT2D eigenvalue weighted by Gasteiger charge is -2.21. The molecule has 2 N–H and O–H groups in total. The number of para-hydroxylation sites is 2. The average Bonchev–Trinajstić information content (AvgIpc) is 3.46. The predicted molar refractivity (Wildman–Crippen MR) is 127 cm³/mol. The number of methoxy groups -OCH3 is 1. The second-order valence-corrected chi connectivity index (χ2v) is 8.21. The average molecular weight is 423 g/mol. The molecule has 1 saturated heterocycles. The number of aliphatic imine (C=N–C) groups is 1. The highest BCUT2D eigenvalue weighted by Crippen LogP contribution is 2.32. The monoisotopic (exact) mass is 422 g/mol. The van der Waals surface area contributed by atoms with E-state index in [1.807, 2.05) is 12.1 Å². The van der Waals surface area contributed by atoms with Gasteiger partial charge in [0, 0.05) is 39.1 Å². The largest absolute Gasteiger partial charge is 0.495 e. The standard InChI is InChI=1S/C25H34N4O2/c1-3-26-25(27-13-10-19-8-9-23-21(16-19)12-15-31-23)28-17-20-11-14-29(18-20)22-6-4-5-7-24(22)30-2/h4-9,16,20H,3,10-15,17-18H2,1-2H3,(H2,26,27,28). The highest BCUT2D eigenvalue weighted by atomic mass is 16.5. The van der Waals surface area contributed by atoms with Crippen LogP contribution in [0, 0.1) is 5.92 Å². The molecule has 2 aromatic carbocycles. The Morgan fingerprint density at radius 3 is 3.00 bits per heavy atom. The van der Waals surface area contributed by atoms with Gasteiger partial charge < -0.3 is 25.0 Å². The van der Waals surface area contributed by atoms with Gasteiger partial charge in [-0.3, -0.25) is 4.99 Å². The summed E-state index contributed by atoms with van der Waals surface area (Å²) >= 11 is 0. The molecule has 6 heteroatoms. The Kier molecular flexibility index (Phi) is 7.18. The maximum absolute atomic E-state index is 5.60. The number of benzene rings is 2. The minimum atomic E-state index is 0.553. The first-order valence-electron chi connectivity index (χ1n) is 11.4. The molecule has 31 heavy (non-hydrogen) atoms. The summed E-state index contributed by atoms with van der Waals surface area (Å²) < 4.78 is 11.1. The van der Waals surface area contributed by atoms with E-state index in [4.69, 9.17) is 14.5 Å². The number of fused-ring (bicyclic) bond motifs is 1. The summed E-state index contributed by atoms with van der Waals surface area (Å²) in [5.41, 5.74) is 3.86. The number of nitrogens with one attached hydrogen (secondary N) is 2. The highest BCUT2D eigenvalue weighted by Gasteiger charge is 2.24. The van der Waals surface area contributed by atoms with Crippen LogP contribution in [0.3, 0.4) is 0 Å². The van der Waals surface area contributed by atoms with Gasteiger partial charge in [0.25, 0.3) is 0 Å². The van der Waals surface area contributed by atoms with Crippen LogP contribution in [0.2, 0.25) is 0 Å². The molecule has 0 aromatic heterocycles. The topological polar surface area (TPSA) is 58.1 Å². The highest BCUT2D eigenvalue weighted by molar-refractivity contribution is 5.79. The summed E-state index contributed by atoms with van der Waals surface area (Å²) in [4.78, 5) is 7.29. The number of rotatable bonds is 8. The normalized spacial score (nSPS) is 17.9. The van der Waals surface area contributed by atoms with Crippen LogP contribution in [0.25, 0.3) is 0 Å². The van der Waals surface area contributed by atoms with Crippen molar-refractivity contribution in [3.8, 4) is 11.5 Å². The van der Waals surface area contributed by atoms with E-state index >= 15 is 0 Å². The van der Waals surface area contributed by atoms with E-state index in [0.29, 0.717) is 5.92 Å². The van der Waals surface area contributed by atoms with Crippen LogP contribution in [0.15, 0.2) is 47.5 Å². The van der Waals surface area contributed by atoms with Crippen molar-refractivity contribution in [2.24, 2.45) is 10.9 Å². The van der Waals surface area contributed by atoms with Gasteiger partial charge in [-0.25, -0.2) is 0 Å². The molecule has 1 atom stereocenters. The van der Waals surface area contributed by atoms with Crippen molar-refractivity contribution < 1.29 is 9.47 Å². The first kappa shape index (κ1) is 21.3. The van der Waals surface area contributed by atoms with Crippen LogP contribution in [-0.2, 0) is 12.8 Å². The van der Waals surface area contributed by atoms with Gasteiger partial charge in [0.1, 0.15) is 11.5 Å². The third kappa shape index (κ3) is 5.43. The zero-order valence-electron chi connectivity index (χ0n) is 18.7. The molecule has 0 amide bonds. The van der Waals surface area contributed by atoms with E-state index in [1.54, 1.807) is 7.11 Å². The second-order valence-electron chi connectivity index (χ2n) is 8.21. The lowest BCUT2D eigenvalue weighted by atomic mass is 10.1. The van der Waals surface area contributed by atoms with E-state index < -0.39 is 0 Å². The molecule has 2 aromatic rings. The summed E-state index contributed by atoms with van der Waals surface area (Å²) in [6.07, 6.45) is 3.15. The Labute approximate surface area is 185 Å². The van der Waals surface area contributed by atoms with E-state index in [-0.39, 0.29) is 0 Å². The fourth-order valence-corrected chi connectivity index (χ4v) is 4.37. The maximum atomic E-state index is 5.60. The minimum Gasteiger partial charge on any atom is -0.495 e. The van der Waals surface area contributed by atoms with Crippen LogP contribution in [0.1, 0.15) is 24.5 Å². The number of guanidine groups is 1. The smallest absolute Gasteiger partial charge is 0.191 e. The first-order chi connectivity index (χ1) is 15.3. The molecule has 166 valence electrons. The Morgan fingerprint density at radius 2 is 2.13 bits per heavy atom. The summed E-state index contributed by atoms with van der Waals surface area (Å²) in [6, 6.07) is 14.8. The SMILES string of the molecule is CCNC(=NCC1CCN(c2ccccc2OC)C1)NCCc1ccc2c(c1)CCO2. The Bertz CT molecular complexity index is 899. The summed E-state index contributed by atoms with van der Waals surface area (Å²) in [7, 11) is 1.74. The van der Waals surface area contributed by atoms with Crippen LogP contribution in [0.4, 0.5) is 5.69 Å². The lowest BCUT2D eigenvalue weighted by molar-refractivity contribution is 0.357. The van der Waals surface area contributed by atoms with Crippen molar-refractivity contribution in [1.29, 1.82) is 0 Å². The van der Waals surface area contributed by atoms with Crippen molar-refractivity contribution in [2.75, 3.05) is 51.3 Å². The molecule has 2 aliphatic heterocycles. The van der Waals surface area contributed by atoms with Crippen molar-refractivity contribution >= 4 is 11.6 Å².